The SMILES string of the molecule is Cn1ccnc1C(=O)NCCOCCO. The number of nitrogens with one attached hydrogen (secondary N) is 1. The van der Waals surface area contributed by atoms with Crippen molar-refractivity contribution < 1.29 is 14.6 Å². The first kappa shape index (κ1) is 11.7. The van der Waals surface area contributed by atoms with Gasteiger partial charge in [0.2, 0.25) is 0 Å². The second kappa shape index (κ2) is 6.15. The largest absolute Gasteiger partial charge is 0.394 e. The molecule has 0 unspecified atom stereocenters. The molecule has 0 saturated carbocycles. The molecule has 1 aromatic rings. The van der Waals surface area contributed by atoms with Gasteiger partial charge in [0, 0.05) is 26.0 Å². The maximum Gasteiger partial charge on any atom is 0.287 e. The fourth-order valence-electron chi connectivity index (χ4n) is 1.07. The highest BCUT2D eigenvalue weighted by atomic mass is 16.5. The van der Waals surface area contributed by atoms with Crippen LogP contribution in [0.2, 0.25) is 0 Å². The summed E-state index contributed by atoms with van der Waals surface area (Å²) in [4.78, 5) is 15.4. The summed E-state index contributed by atoms with van der Waals surface area (Å²) in [5.74, 6) is 0.146. The maximum absolute atomic E-state index is 11.5. The molecule has 0 spiro atoms. The molecule has 0 aromatic carbocycles. The Morgan fingerprint density at radius 1 is 1.67 bits per heavy atom. The number of hydrogen-bond donors (Lipinski definition) is 2. The number of aliphatic hydroxyl groups excluding tert-OH is 1. The molecule has 0 aliphatic heterocycles. The smallest absolute Gasteiger partial charge is 0.287 e. The van der Waals surface area contributed by atoms with Crippen molar-refractivity contribution in [3.8, 4) is 0 Å². The fraction of sp³-hybridized carbons (Fsp3) is 0.556. The molecule has 2 N–H and O–H groups in total. The first-order valence-electron chi connectivity index (χ1n) is 4.70. The van der Waals surface area contributed by atoms with Crippen LogP contribution >= 0.6 is 0 Å². The quantitative estimate of drug-likeness (QED) is 0.604. The second-order valence-electron chi connectivity index (χ2n) is 2.95. The molecule has 15 heavy (non-hydrogen) atoms. The molecule has 0 fully saturated rings. The van der Waals surface area contributed by atoms with E-state index in [1.165, 1.54) is 0 Å². The summed E-state index contributed by atoms with van der Waals surface area (Å²) in [7, 11) is 1.75. The summed E-state index contributed by atoms with van der Waals surface area (Å²) in [6, 6.07) is 0. The summed E-state index contributed by atoms with van der Waals surface area (Å²) in [6.45, 7) is 1.08. The van der Waals surface area contributed by atoms with Gasteiger partial charge < -0.3 is 19.7 Å². The Morgan fingerprint density at radius 2 is 2.47 bits per heavy atom. The summed E-state index contributed by atoms with van der Waals surface area (Å²) < 4.78 is 6.63. The molecule has 1 rings (SSSR count). The Bertz CT molecular complexity index is 311. The molecule has 1 heterocycles. The lowest BCUT2D eigenvalue weighted by Crippen LogP contribution is -2.29. The molecule has 0 bridgehead atoms. The first-order chi connectivity index (χ1) is 7.25. The van der Waals surface area contributed by atoms with Crippen molar-refractivity contribution in [2.75, 3.05) is 26.4 Å². The number of carbonyl (C=O) groups excluding carboxylic acids is 1. The van der Waals surface area contributed by atoms with Crippen LogP contribution in [-0.2, 0) is 11.8 Å². The van der Waals surface area contributed by atoms with Crippen LogP contribution in [0.4, 0.5) is 0 Å². The van der Waals surface area contributed by atoms with Crippen LogP contribution < -0.4 is 5.32 Å². The van der Waals surface area contributed by atoms with Crippen LogP contribution in [-0.4, -0.2) is 46.9 Å². The van der Waals surface area contributed by atoms with Crippen molar-refractivity contribution in [1.29, 1.82) is 0 Å². The van der Waals surface area contributed by atoms with E-state index in [2.05, 4.69) is 10.3 Å². The van der Waals surface area contributed by atoms with E-state index >= 15 is 0 Å². The first-order valence-corrected chi connectivity index (χ1v) is 4.70. The van der Waals surface area contributed by atoms with E-state index in [4.69, 9.17) is 9.84 Å². The fourth-order valence-corrected chi connectivity index (χ4v) is 1.07. The van der Waals surface area contributed by atoms with E-state index in [1.807, 2.05) is 0 Å². The van der Waals surface area contributed by atoms with E-state index in [9.17, 15) is 4.79 Å². The third-order valence-electron chi connectivity index (χ3n) is 1.79. The van der Waals surface area contributed by atoms with Crippen molar-refractivity contribution >= 4 is 5.91 Å². The standard InChI is InChI=1S/C9H15N3O3/c1-12-4-2-10-8(12)9(14)11-3-6-15-7-5-13/h2,4,13H,3,5-7H2,1H3,(H,11,14). The topological polar surface area (TPSA) is 76.4 Å². The van der Waals surface area contributed by atoms with E-state index in [1.54, 1.807) is 24.0 Å². The van der Waals surface area contributed by atoms with Gasteiger partial charge >= 0.3 is 0 Å². The van der Waals surface area contributed by atoms with Crippen LogP contribution in [0, 0.1) is 0 Å². The number of ether oxygens (including phenoxy) is 1. The molecule has 1 aromatic heterocycles. The Morgan fingerprint density at radius 3 is 3.07 bits per heavy atom. The predicted octanol–water partition coefficient (Wildman–Crippen LogP) is -0.841. The van der Waals surface area contributed by atoms with Gasteiger partial charge in [-0.15, -0.1) is 0 Å². The average molecular weight is 213 g/mol. The van der Waals surface area contributed by atoms with Gasteiger partial charge in [-0.05, 0) is 0 Å². The number of carbonyl (C=O) groups is 1. The minimum Gasteiger partial charge on any atom is -0.394 e. The van der Waals surface area contributed by atoms with Crippen molar-refractivity contribution in [3.05, 3.63) is 18.2 Å². The molecule has 0 atom stereocenters. The van der Waals surface area contributed by atoms with Gasteiger partial charge in [0.15, 0.2) is 5.82 Å². The number of nitrogens with zero attached hydrogens (tertiary/aromatic N) is 2. The van der Waals surface area contributed by atoms with Gasteiger partial charge in [0.1, 0.15) is 0 Å². The molecular formula is C9H15N3O3. The molecule has 0 aliphatic rings. The maximum atomic E-state index is 11.5. The third kappa shape index (κ3) is 3.69. The van der Waals surface area contributed by atoms with E-state index in [0.717, 1.165) is 0 Å². The molecule has 0 aliphatic carbocycles. The summed E-state index contributed by atoms with van der Waals surface area (Å²) in [5.41, 5.74) is 0. The van der Waals surface area contributed by atoms with Gasteiger partial charge in [0.25, 0.3) is 5.91 Å². The van der Waals surface area contributed by atoms with Crippen LogP contribution in [0.3, 0.4) is 0 Å². The molecule has 6 nitrogen and oxygen atoms in total. The molecule has 1 amide bonds. The highest BCUT2D eigenvalue weighted by Gasteiger charge is 2.08. The van der Waals surface area contributed by atoms with Crippen molar-refractivity contribution in [3.63, 3.8) is 0 Å². The Labute approximate surface area is 87.9 Å². The molecule has 6 heteroatoms. The monoisotopic (exact) mass is 213 g/mol. The van der Waals surface area contributed by atoms with Crippen LogP contribution in [0.5, 0.6) is 0 Å². The van der Waals surface area contributed by atoms with Gasteiger partial charge in [-0.3, -0.25) is 4.79 Å². The zero-order valence-electron chi connectivity index (χ0n) is 8.64. The van der Waals surface area contributed by atoms with Gasteiger partial charge in [-0.25, -0.2) is 4.98 Å². The lowest BCUT2D eigenvalue weighted by Gasteiger charge is -2.05. The summed E-state index contributed by atoms with van der Waals surface area (Å²) >= 11 is 0. The van der Waals surface area contributed by atoms with Crippen molar-refractivity contribution in [2.24, 2.45) is 7.05 Å². The number of aromatic nitrogens is 2. The summed E-state index contributed by atoms with van der Waals surface area (Å²) in [6.07, 6.45) is 3.27. The number of aliphatic hydroxyl groups is 1. The van der Waals surface area contributed by atoms with Crippen LogP contribution in [0.25, 0.3) is 0 Å². The lowest BCUT2D eigenvalue weighted by atomic mass is 10.5. The number of amides is 1. The van der Waals surface area contributed by atoms with Crippen molar-refractivity contribution in [1.82, 2.24) is 14.9 Å². The van der Waals surface area contributed by atoms with Crippen LogP contribution in [0.15, 0.2) is 12.4 Å². The Kier molecular flexibility index (Phi) is 4.79. The van der Waals surface area contributed by atoms with Gasteiger partial charge in [-0.1, -0.05) is 0 Å². The second-order valence-corrected chi connectivity index (χ2v) is 2.95. The average Bonchev–Trinajstić information content (AvgIpc) is 2.64. The zero-order valence-corrected chi connectivity index (χ0v) is 8.64. The number of rotatable bonds is 6. The summed E-state index contributed by atoms with van der Waals surface area (Å²) in [5, 5.41) is 11.1. The molecular weight excluding hydrogens is 198 g/mol. The van der Waals surface area contributed by atoms with Crippen LogP contribution in [0.1, 0.15) is 10.6 Å². The van der Waals surface area contributed by atoms with Crippen molar-refractivity contribution in [2.45, 2.75) is 0 Å². The number of hydrogen-bond acceptors (Lipinski definition) is 4. The molecule has 0 saturated heterocycles. The number of imidazole rings is 1. The minimum atomic E-state index is -0.227. The van der Waals surface area contributed by atoms with E-state index in [-0.39, 0.29) is 19.1 Å². The lowest BCUT2D eigenvalue weighted by molar-refractivity contribution is 0.0830. The zero-order chi connectivity index (χ0) is 11.1. The highest BCUT2D eigenvalue weighted by molar-refractivity contribution is 5.90. The third-order valence-corrected chi connectivity index (χ3v) is 1.79. The predicted molar refractivity (Wildman–Crippen MR) is 53.4 cm³/mol. The normalized spacial score (nSPS) is 10.3. The number of aryl methyl sites for hydroxylation is 1. The van der Waals surface area contributed by atoms with Gasteiger partial charge in [0.05, 0.1) is 19.8 Å². The van der Waals surface area contributed by atoms with E-state index in [0.29, 0.717) is 19.0 Å². The molecule has 84 valence electrons. The van der Waals surface area contributed by atoms with Gasteiger partial charge in [-0.2, -0.15) is 0 Å². The highest BCUT2D eigenvalue weighted by Crippen LogP contribution is 1.92. The Balaban J connectivity index is 2.22. The Hall–Kier alpha value is -1.40. The minimum absolute atomic E-state index is 0.00663. The molecule has 0 radical (unpaired) electrons. The van der Waals surface area contributed by atoms with E-state index < -0.39 is 0 Å².